The van der Waals surface area contributed by atoms with Crippen molar-refractivity contribution >= 4 is 12.6 Å². The van der Waals surface area contributed by atoms with Crippen molar-refractivity contribution in [1.82, 2.24) is 0 Å². The Hall–Kier alpha value is 0.350. The van der Waals surface area contributed by atoms with Crippen molar-refractivity contribution in [3.63, 3.8) is 0 Å². The summed E-state index contributed by atoms with van der Waals surface area (Å²) >= 11 is 5.16. The summed E-state index contributed by atoms with van der Waals surface area (Å²) in [6, 6.07) is 0. The van der Waals surface area contributed by atoms with Crippen molar-refractivity contribution in [2.24, 2.45) is 5.92 Å². The molecule has 0 aliphatic rings. The van der Waals surface area contributed by atoms with Crippen molar-refractivity contribution in [2.45, 2.75) is 45.3 Å². The summed E-state index contributed by atoms with van der Waals surface area (Å²) in [5, 5.41) is 0.468. The maximum atomic E-state index is 5.16. The summed E-state index contributed by atoms with van der Waals surface area (Å²) in [5.41, 5.74) is 0. The molecule has 0 aliphatic carbocycles. The van der Waals surface area contributed by atoms with Crippen LogP contribution in [0, 0.1) is 5.92 Å². The molecule has 0 heterocycles. The van der Waals surface area contributed by atoms with Gasteiger partial charge in [0.05, 0.1) is 0 Å². The van der Waals surface area contributed by atoms with Gasteiger partial charge in [0.15, 0.2) is 0 Å². The zero-order valence-electron chi connectivity index (χ0n) is 6.68. The Bertz CT molecular complexity index is 59.6. The normalized spacial score (nSPS) is 17.3. The second-order valence-electron chi connectivity index (χ2n) is 2.66. The highest BCUT2D eigenvalue weighted by Gasteiger charge is 2.09. The number of hydrogen-bond donors (Lipinski definition) is 0. The molecule has 0 amide bonds. The zero-order valence-corrected chi connectivity index (χ0v) is 7.50. The average molecular weight is 145 g/mol. The molecule has 0 fully saturated rings. The molecule has 0 spiro atoms. The second-order valence-corrected chi connectivity index (χ2v) is 3.41. The molecule has 0 N–H and O–H groups in total. The van der Waals surface area contributed by atoms with Crippen LogP contribution in [0.4, 0.5) is 0 Å². The van der Waals surface area contributed by atoms with E-state index in [9.17, 15) is 0 Å². The van der Waals surface area contributed by atoms with Gasteiger partial charge in [-0.25, -0.2) is 0 Å². The van der Waals surface area contributed by atoms with Gasteiger partial charge < -0.3 is 0 Å². The van der Waals surface area contributed by atoms with E-state index in [1.54, 1.807) is 0 Å². The highest BCUT2D eigenvalue weighted by molar-refractivity contribution is 7.80. The molecule has 2 unspecified atom stereocenters. The molecule has 0 aromatic rings. The topological polar surface area (TPSA) is 0 Å². The molecule has 55 valence electrons. The molecule has 9 heavy (non-hydrogen) atoms. The van der Waals surface area contributed by atoms with Gasteiger partial charge >= 0.3 is 0 Å². The van der Waals surface area contributed by atoms with E-state index < -0.39 is 0 Å². The maximum Gasteiger partial charge on any atom is 0.0151 e. The van der Waals surface area contributed by atoms with E-state index in [0.29, 0.717) is 5.25 Å². The Labute approximate surface area is 64.4 Å². The van der Waals surface area contributed by atoms with Crippen LogP contribution in [-0.2, 0) is 0 Å². The molecule has 0 nitrogen and oxygen atoms in total. The van der Waals surface area contributed by atoms with Gasteiger partial charge in [0.25, 0.3) is 0 Å². The molecular formula is C8H17S. The minimum Gasteiger partial charge on any atom is -0.0904 e. The van der Waals surface area contributed by atoms with E-state index in [-0.39, 0.29) is 0 Å². The monoisotopic (exact) mass is 145 g/mol. The first-order valence-electron chi connectivity index (χ1n) is 3.88. The Morgan fingerprint density at radius 1 is 1.33 bits per heavy atom. The SMILES string of the molecule is CCCC(CC)C(C)[S]. The Morgan fingerprint density at radius 2 is 1.89 bits per heavy atom. The lowest BCUT2D eigenvalue weighted by atomic mass is 9.98. The average Bonchev–Trinajstić information content (AvgIpc) is 1.82. The second kappa shape index (κ2) is 5.16. The molecule has 0 saturated carbocycles. The first-order valence-corrected chi connectivity index (χ1v) is 4.35. The zero-order chi connectivity index (χ0) is 7.28. The molecule has 0 aromatic heterocycles. The van der Waals surface area contributed by atoms with E-state index in [0.717, 1.165) is 5.92 Å². The van der Waals surface area contributed by atoms with Gasteiger partial charge in [0.2, 0.25) is 0 Å². The molecule has 1 heteroatoms. The van der Waals surface area contributed by atoms with E-state index in [4.69, 9.17) is 12.6 Å². The summed E-state index contributed by atoms with van der Waals surface area (Å²) in [5.74, 6) is 0.782. The predicted molar refractivity (Wildman–Crippen MR) is 45.7 cm³/mol. The van der Waals surface area contributed by atoms with Crippen LogP contribution in [0.5, 0.6) is 0 Å². The van der Waals surface area contributed by atoms with Crippen molar-refractivity contribution in [3.05, 3.63) is 0 Å². The highest BCUT2D eigenvalue weighted by Crippen LogP contribution is 2.18. The molecule has 0 aliphatic heterocycles. The summed E-state index contributed by atoms with van der Waals surface area (Å²) in [7, 11) is 0. The number of hydrogen-bond acceptors (Lipinski definition) is 0. The summed E-state index contributed by atoms with van der Waals surface area (Å²) < 4.78 is 0. The lowest BCUT2D eigenvalue weighted by molar-refractivity contribution is 0.463. The van der Waals surface area contributed by atoms with E-state index in [1.165, 1.54) is 19.3 Å². The van der Waals surface area contributed by atoms with Crippen LogP contribution in [-0.4, -0.2) is 5.25 Å². The Balaban J connectivity index is 3.41. The van der Waals surface area contributed by atoms with Gasteiger partial charge in [-0.1, -0.05) is 46.2 Å². The smallest absolute Gasteiger partial charge is 0.0151 e. The molecule has 0 saturated heterocycles. The summed E-state index contributed by atoms with van der Waals surface area (Å²) in [6.45, 7) is 6.59. The van der Waals surface area contributed by atoms with Gasteiger partial charge in [-0.3, -0.25) is 0 Å². The van der Waals surface area contributed by atoms with Crippen LogP contribution in [0.3, 0.4) is 0 Å². The van der Waals surface area contributed by atoms with Crippen LogP contribution < -0.4 is 0 Å². The molecule has 1 radical (unpaired) electrons. The van der Waals surface area contributed by atoms with Crippen LogP contribution in [0.25, 0.3) is 0 Å². The molecule has 0 rings (SSSR count). The highest BCUT2D eigenvalue weighted by atomic mass is 32.1. The fourth-order valence-corrected chi connectivity index (χ4v) is 1.47. The van der Waals surface area contributed by atoms with Gasteiger partial charge in [-0.05, 0) is 12.3 Å². The first-order chi connectivity index (χ1) is 4.22. The lowest BCUT2D eigenvalue weighted by Crippen LogP contribution is -2.09. The van der Waals surface area contributed by atoms with Crippen LogP contribution in [0.1, 0.15) is 40.0 Å². The summed E-state index contributed by atoms with van der Waals surface area (Å²) in [6.07, 6.45) is 3.83. The minimum atomic E-state index is 0.468. The minimum absolute atomic E-state index is 0.468. The van der Waals surface area contributed by atoms with E-state index in [2.05, 4.69) is 20.8 Å². The standard InChI is InChI=1S/C8H17S/c1-4-6-8(5-2)7(3)9/h7-8H,4-6H2,1-3H3. The first kappa shape index (κ1) is 9.35. The van der Waals surface area contributed by atoms with E-state index >= 15 is 0 Å². The van der Waals surface area contributed by atoms with Gasteiger partial charge in [0.1, 0.15) is 0 Å². The fraction of sp³-hybridized carbons (Fsp3) is 1.00. The van der Waals surface area contributed by atoms with Crippen molar-refractivity contribution in [1.29, 1.82) is 0 Å². The third kappa shape index (κ3) is 3.85. The number of rotatable bonds is 4. The molecule has 0 aromatic carbocycles. The van der Waals surface area contributed by atoms with Crippen molar-refractivity contribution in [2.75, 3.05) is 0 Å². The van der Waals surface area contributed by atoms with Crippen molar-refractivity contribution < 1.29 is 0 Å². The molecular weight excluding hydrogens is 128 g/mol. The Morgan fingerprint density at radius 3 is 2.00 bits per heavy atom. The lowest BCUT2D eigenvalue weighted by Gasteiger charge is -2.15. The molecule has 2 atom stereocenters. The fourth-order valence-electron chi connectivity index (χ4n) is 1.14. The largest absolute Gasteiger partial charge is 0.0904 e. The third-order valence-electron chi connectivity index (χ3n) is 1.85. The summed E-state index contributed by atoms with van der Waals surface area (Å²) in [4.78, 5) is 0. The van der Waals surface area contributed by atoms with Gasteiger partial charge in [-0.15, -0.1) is 0 Å². The van der Waals surface area contributed by atoms with Crippen LogP contribution in [0.15, 0.2) is 0 Å². The van der Waals surface area contributed by atoms with Crippen LogP contribution in [0.2, 0.25) is 0 Å². The van der Waals surface area contributed by atoms with Gasteiger partial charge in [0, 0.05) is 5.25 Å². The Kier molecular flexibility index (Phi) is 5.36. The van der Waals surface area contributed by atoms with Crippen LogP contribution >= 0.6 is 12.6 Å². The predicted octanol–water partition coefficient (Wildman–Crippen LogP) is 3.40. The van der Waals surface area contributed by atoms with E-state index in [1.807, 2.05) is 0 Å². The van der Waals surface area contributed by atoms with Gasteiger partial charge in [-0.2, -0.15) is 0 Å². The third-order valence-corrected chi connectivity index (χ3v) is 2.23. The molecule has 0 bridgehead atoms. The quantitative estimate of drug-likeness (QED) is 0.569. The maximum absolute atomic E-state index is 5.16. The van der Waals surface area contributed by atoms with Crippen molar-refractivity contribution in [3.8, 4) is 0 Å².